The molecule has 18 heavy (non-hydrogen) atoms. The molecule has 1 aromatic rings. The van der Waals surface area contributed by atoms with Crippen LogP contribution in [-0.4, -0.2) is 30.1 Å². The fourth-order valence-electron chi connectivity index (χ4n) is 2.66. The summed E-state index contributed by atoms with van der Waals surface area (Å²) >= 11 is 0. The van der Waals surface area contributed by atoms with Gasteiger partial charge in [-0.25, -0.2) is 4.39 Å². The molecule has 2 unspecified atom stereocenters. The Bertz CT molecular complexity index is 407. The summed E-state index contributed by atoms with van der Waals surface area (Å²) in [6, 6.07) is 7.24. The van der Waals surface area contributed by atoms with E-state index in [1.807, 2.05) is 12.1 Å². The van der Waals surface area contributed by atoms with Gasteiger partial charge >= 0.3 is 0 Å². The summed E-state index contributed by atoms with van der Waals surface area (Å²) in [7, 11) is 0. The lowest BCUT2D eigenvalue weighted by atomic mass is 9.94. The average molecular weight is 250 g/mol. The monoisotopic (exact) mass is 250 g/mol. The molecule has 0 spiro atoms. The highest BCUT2D eigenvalue weighted by atomic mass is 19.1. The first-order chi connectivity index (χ1) is 8.56. The van der Waals surface area contributed by atoms with Gasteiger partial charge in [-0.1, -0.05) is 25.1 Å². The second-order valence-electron chi connectivity index (χ2n) is 5.51. The molecule has 1 N–H and O–H groups in total. The minimum Gasteiger partial charge on any atom is -0.309 e. The van der Waals surface area contributed by atoms with Crippen LogP contribution in [0.1, 0.15) is 38.8 Å². The van der Waals surface area contributed by atoms with Gasteiger partial charge < -0.3 is 5.32 Å². The number of nitrogens with one attached hydrogen (secondary N) is 1. The van der Waals surface area contributed by atoms with Crippen molar-refractivity contribution >= 4 is 0 Å². The summed E-state index contributed by atoms with van der Waals surface area (Å²) in [6.45, 7) is 9.46. The Morgan fingerprint density at radius 1 is 1.44 bits per heavy atom. The van der Waals surface area contributed by atoms with Gasteiger partial charge in [-0.3, -0.25) is 4.90 Å². The minimum absolute atomic E-state index is 0.0956. The van der Waals surface area contributed by atoms with E-state index in [-0.39, 0.29) is 17.4 Å². The second-order valence-corrected chi connectivity index (χ2v) is 5.51. The molecule has 0 aromatic heterocycles. The Morgan fingerprint density at radius 3 is 2.83 bits per heavy atom. The van der Waals surface area contributed by atoms with Crippen LogP contribution in [0.4, 0.5) is 4.39 Å². The molecule has 100 valence electrons. The van der Waals surface area contributed by atoms with Crippen LogP contribution in [0.25, 0.3) is 0 Å². The van der Waals surface area contributed by atoms with E-state index < -0.39 is 0 Å². The van der Waals surface area contributed by atoms with Gasteiger partial charge in [-0.2, -0.15) is 0 Å². The lowest BCUT2D eigenvalue weighted by Crippen LogP contribution is -2.58. The molecule has 2 atom stereocenters. The minimum atomic E-state index is -0.0956. The number of hydrogen-bond acceptors (Lipinski definition) is 2. The van der Waals surface area contributed by atoms with Crippen molar-refractivity contribution in [2.24, 2.45) is 0 Å². The van der Waals surface area contributed by atoms with Gasteiger partial charge in [-0.05, 0) is 26.3 Å². The maximum Gasteiger partial charge on any atom is 0.127 e. The number of rotatable bonds is 3. The van der Waals surface area contributed by atoms with Crippen LogP contribution >= 0.6 is 0 Å². The largest absolute Gasteiger partial charge is 0.309 e. The topological polar surface area (TPSA) is 15.3 Å². The molecular weight excluding hydrogens is 227 g/mol. The number of benzene rings is 1. The molecule has 0 radical (unpaired) electrons. The predicted octanol–water partition coefficient (Wildman–Crippen LogP) is 2.96. The van der Waals surface area contributed by atoms with Gasteiger partial charge in [0.15, 0.2) is 0 Å². The summed E-state index contributed by atoms with van der Waals surface area (Å²) in [5.41, 5.74) is 0.954. The van der Waals surface area contributed by atoms with E-state index in [1.165, 1.54) is 0 Å². The van der Waals surface area contributed by atoms with Crippen LogP contribution in [0.3, 0.4) is 0 Å². The third-order valence-electron chi connectivity index (χ3n) is 4.19. The highest BCUT2D eigenvalue weighted by molar-refractivity contribution is 5.21. The lowest BCUT2D eigenvalue weighted by Gasteiger charge is -2.43. The molecular formula is C15H23FN2. The normalized spacial score (nSPS) is 27.1. The third-order valence-corrected chi connectivity index (χ3v) is 4.19. The molecule has 0 aliphatic carbocycles. The predicted molar refractivity (Wildman–Crippen MR) is 73.1 cm³/mol. The van der Waals surface area contributed by atoms with Crippen molar-refractivity contribution in [3.05, 3.63) is 35.6 Å². The summed E-state index contributed by atoms with van der Waals surface area (Å²) < 4.78 is 13.8. The van der Waals surface area contributed by atoms with Crippen molar-refractivity contribution < 1.29 is 4.39 Å². The molecule has 3 heteroatoms. The molecule has 1 aromatic carbocycles. The van der Waals surface area contributed by atoms with Crippen LogP contribution in [0.2, 0.25) is 0 Å². The Morgan fingerprint density at radius 2 is 2.17 bits per heavy atom. The molecule has 1 heterocycles. The van der Waals surface area contributed by atoms with E-state index in [9.17, 15) is 4.39 Å². The Hall–Kier alpha value is -0.930. The smallest absolute Gasteiger partial charge is 0.127 e. The fraction of sp³-hybridized carbons (Fsp3) is 0.600. The summed E-state index contributed by atoms with van der Waals surface area (Å²) in [5.74, 6) is -0.0956. The van der Waals surface area contributed by atoms with E-state index in [2.05, 4.69) is 31.0 Å². The zero-order valence-corrected chi connectivity index (χ0v) is 11.5. The molecule has 2 nitrogen and oxygen atoms in total. The van der Waals surface area contributed by atoms with Gasteiger partial charge in [-0.15, -0.1) is 0 Å². The molecule has 1 saturated heterocycles. The fourth-order valence-corrected chi connectivity index (χ4v) is 2.66. The SMILES string of the molecule is CCC1(C)CN(C(C)c2ccccc2F)CCN1. The van der Waals surface area contributed by atoms with E-state index in [0.717, 1.165) is 31.6 Å². The average Bonchev–Trinajstić information content (AvgIpc) is 2.39. The number of hydrogen-bond donors (Lipinski definition) is 1. The van der Waals surface area contributed by atoms with Crippen molar-refractivity contribution in [2.45, 2.75) is 38.8 Å². The number of nitrogens with zero attached hydrogens (tertiary/aromatic N) is 1. The quantitative estimate of drug-likeness (QED) is 0.887. The molecule has 0 bridgehead atoms. The van der Waals surface area contributed by atoms with Crippen molar-refractivity contribution in [2.75, 3.05) is 19.6 Å². The standard InChI is InChI=1S/C15H23FN2/c1-4-15(3)11-18(10-9-17-15)12(2)13-7-5-6-8-14(13)16/h5-8,12,17H,4,9-11H2,1-3H3. The third kappa shape index (κ3) is 2.73. The van der Waals surface area contributed by atoms with E-state index in [0.29, 0.717) is 0 Å². The summed E-state index contributed by atoms with van der Waals surface area (Å²) in [6.07, 6.45) is 1.09. The first kappa shape index (κ1) is 13.5. The van der Waals surface area contributed by atoms with Crippen molar-refractivity contribution in [3.63, 3.8) is 0 Å². The van der Waals surface area contributed by atoms with E-state index >= 15 is 0 Å². The highest BCUT2D eigenvalue weighted by Crippen LogP contribution is 2.26. The Kier molecular flexibility index (Phi) is 4.03. The Balaban J connectivity index is 2.14. The van der Waals surface area contributed by atoms with E-state index in [4.69, 9.17) is 0 Å². The first-order valence-electron chi connectivity index (χ1n) is 6.79. The molecule has 1 aliphatic rings. The zero-order chi connectivity index (χ0) is 13.2. The van der Waals surface area contributed by atoms with Crippen LogP contribution < -0.4 is 5.32 Å². The van der Waals surface area contributed by atoms with Crippen molar-refractivity contribution in [1.29, 1.82) is 0 Å². The maximum absolute atomic E-state index is 13.8. The van der Waals surface area contributed by atoms with Gasteiger partial charge in [0.05, 0.1) is 0 Å². The maximum atomic E-state index is 13.8. The van der Waals surface area contributed by atoms with Crippen molar-refractivity contribution in [3.8, 4) is 0 Å². The lowest BCUT2D eigenvalue weighted by molar-refractivity contribution is 0.103. The number of halogens is 1. The Labute approximate surface area is 109 Å². The van der Waals surface area contributed by atoms with Gasteiger partial charge in [0.2, 0.25) is 0 Å². The van der Waals surface area contributed by atoms with Gasteiger partial charge in [0.25, 0.3) is 0 Å². The summed E-state index contributed by atoms with van der Waals surface area (Å²) in [4.78, 5) is 2.37. The molecule has 1 fully saturated rings. The molecule has 0 amide bonds. The van der Waals surface area contributed by atoms with Gasteiger partial charge in [0.1, 0.15) is 5.82 Å². The second kappa shape index (κ2) is 5.37. The highest BCUT2D eigenvalue weighted by Gasteiger charge is 2.31. The molecule has 1 aliphatic heterocycles. The molecule has 0 saturated carbocycles. The van der Waals surface area contributed by atoms with Crippen LogP contribution in [0, 0.1) is 5.82 Å². The summed E-state index contributed by atoms with van der Waals surface area (Å²) in [5, 5.41) is 3.56. The van der Waals surface area contributed by atoms with Crippen LogP contribution in [-0.2, 0) is 0 Å². The van der Waals surface area contributed by atoms with Gasteiger partial charge in [0, 0.05) is 36.8 Å². The molecule has 2 rings (SSSR count). The van der Waals surface area contributed by atoms with Crippen molar-refractivity contribution in [1.82, 2.24) is 10.2 Å². The number of piperazine rings is 1. The van der Waals surface area contributed by atoms with Crippen LogP contribution in [0.15, 0.2) is 24.3 Å². The zero-order valence-electron chi connectivity index (χ0n) is 11.5. The van der Waals surface area contributed by atoms with Crippen LogP contribution in [0.5, 0.6) is 0 Å². The van der Waals surface area contributed by atoms with E-state index in [1.54, 1.807) is 12.1 Å². The first-order valence-corrected chi connectivity index (χ1v) is 6.79.